The topological polar surface area (TPSA) is 60.9 Å². The Bertz CT molecular complexity index is 1010. The molecule has 6 nitrogen and oxygen atoms in total. The van der Waals surface area contributed by atoms with Gasteiger partial charge in [0.1, 0.15) is 0 Å². The van der Waals surface area contributed by atoms with E-state index in [4.69, 9.17) is 11.6 Å². The molecule has 2 aromatic carbocycles. The molecular formula is C25H34ClN3O3S. The zero-order chi connectivity index (χ0) is 23.8. The van der Waals surface area contributed by atoms with E-state index in [1.54, 1.807) is 12.1 Å². The van der Waals surface area contributed by atoms with Gasteiger partial charge in [-0.25, -0.2) is 8.42 Å². The summed E-state index contributed by atoms with van der Waals surface area (Å²) in [5, 5.41) is 0.742. The van der Waals surface area contributed by atoms with E-state index in [1.807, 2.05) is 43.0 Å². The molecule has 0 atom stereocenters. The standard InChI is InChI=1S/C25H34ClN3O3S/c1-3-29(4-2)33(31,32)24-13-8-21(9-14-24)10-15-25(30)28-17-5-16-27(18-19-28)20-22-6-11-23(26)12-7-22/h6-9,11-14H,3-5,10,15-20H2,1-2H3. The maximum absolute atomic E-state index is 12.8. The predicted molar refractivity (Wildman–Crippen MR) is 133 cm³/mol. The van der Waals surface area contributed by atoms with Crippen LogP contribution in [0.2, 0.25) is 5.02 Å². The molecule has 1 aliphatic rings. The lowest BCUT2D eigenvalue weighted by atomic mass is 10.1. The molecule has 3 rings (SSSR count). The van der Waals surface area contributed by atoms with Crippen LogP contribution in [0.5, 0.6) is 0 Å². The highest BCUT2D eigenvalue weighted by atomic mass is 35.5. The van der Waals surface area contributed by atoms with Crippen molar-refractivity contribution in [1.29, 1.82) is 0 Å². The van der Waals surface area contributed by atoms with Crippen molar-refractivity contribution in [3.8, 4) is 0 Å². The van der Waals surface area contributed by atoms with Crippen LogP contribution >= 0.6 is 11.6 Å². The number of rotatable bonds is 9. The molecule has 0 bridgehead atoms. The fourth-order valence-corrected chi connectivity index (χ4v) is 5.76. The third kappa shape index (κ3) is 7.03. The summed E-state index contributed by atoms with van der Waals surface area (Å²) < 4.78 is 26.7. The molecule has 8 heteroatoms. The minimum atomic E-state index is -3.45. The molecule has 0 unspecified atom stereocenters. The molecule has 1 saturated heterocycles. The van der Waals surface area contributed by atoms with E-state index >= 15 is 0 Å². The van der Waals surface area contributed by atoms with E-state index in [0.29, 0.717) is 30.8 Å². The highest BCUT2D eigenvalue weighted by Crippen LogP contribution is 2.18. The van der Waals surface area contributed by atoms with Crippen molar-refractivity contribution >= 4 is 27.5 Å². The van der Waals surface area contributed by atoms with E-state index in [0.717, 1.165) is 49.7 Å². The Kier molecular flexibility index (Phi) is 9.32. The van der Waals surface area contributed by atoms with E-state index < -0.39 is 10.0 Å². The number of halogens is 1. The van der Waals surface area contributed by atoms with Crippen LogP contribution in [-0.2, 0) is 27.8 Å². The van der Waals surface area contributed by atoms with Gasteiger partial charge in [0.05, 0.1) is 4.90 Å². The fraction of sp³-hybridized carbons (Fsp3) is 0.480. The summed E-state index contributed by atoms with van der Waals surface area (Å²) in [6, 6.07) is 14.9. The summed E-state index contributed by atoms with van der Waals surface area (Å²) in [4.78, 5) is 17.5. The van der Waals surface area contributed by atoms with Crippen molar-refractivity contribution in [2.75, 3.05) is 39.3 Å². The Labute approximate surface area is 203 Å². The monoisotopic (exact) mass is 491 g/mol. The van der Waals surface area contributed by atoms with Crippen LogP contribution < -0.4 is 0 Å². The molecule has 0 aromatic heterocycles. The molecular weight excluding hydrogens is 458 g/mol. The summed E-state index contributed by atoms with van der Waals surface area (Å²) in [6.07, 6.45) is 1.99. The first-order valence-corrected chi connectivity index (χ1v) is 13.5. The Hall–Kier alpha value is -1.93. The Morgan fingerprint density at radius 2 is 1.55 bits per heavy atom. The second-order valence-electron chi connectivity index (χ2n) is 8.37. The molecule has 0 spiro atoms. The van der Waals surface area contributed by atoms with Gasteiger partial charge in [-0.1, -0.05) is 49.7 Å². The van der Waals surface area contributed by atoms with Crippen molar-refractivity contribution in [3.63, 3.8) is 0 Å². The van der Waals surface area contributed by atoms with Crippen molar-refractivity contribution in [2.45, 2.75) is 44.6 Å². The molecule has 0 aliphatic carbocycles. The zero-order valence-electron chi connectivity index (χ0n) is 19.5. The minimum Gasteiger partial charge on any atom is -0.341 e. The quantitative estimate of drug-likeness (QED) is 0.531. The predicted octanol–water partition coefficient (Wildman–Crippen LogP) is 4.04. The lowest BCUT2D eigenvalue weighted by Gasteiger charge is -2.22. The molecule has 1 amide bonds. The van der Waals surface area contributed by atoms with E-state index in [2.05, 4.69) is 17.0 Å². The Morgan fingerprint density at radius 1 is 0.909 bits per heavy atom. The third-order valence-electron chi connectivity index (χ3n) is 6.15. The van der Waals surface area contributed by atoms with Gasteiger partial charge in [0, 0.05) is 57.3 Å². The maximum atomic E-state index is 12.8. The normalized spacial score (nSPS) is 15.6. The number of carbonyl (C=O) groups is 1. The smallest absolute Gasteiger partial charge is 0.243 e. The van der Waals surface area contributed by atoms with Crippen LogP contribution in [0.15, 0.2) is 53.4 Å². The van der Waals surface area contributed by atoms with Gasteiger partial charge in [0.2, 0.25) is 15.9 Å². The van der Waals surface area contributed by atoms with Crippen molar-refractivity contribution < 1.29 is 13.2 Å². The van der Waals surface area contributed by atoms with Crippen LogP contribution in [0.25, 0.3) is 0 Å². The van der Waals surface area contributed by atoms with Gasteiger partial charge in [-0.15, -0.1) is 0 Å². The van der Waals surface area contributed by atoms with Gasteiger partial charge in [-0.3, -0.25) is 9.69 Å². The van der Waals surface area contributed by atoms with E-state index in [1.165, 1.54) is 9.87 Å². The number of sulfonamides is 1. The SMILES string of the molecule is CCN(CC)S(=O)(=O)c1ccc(CCC(=O)N2CCCN(Cc3ccc(Cl)cc3)CC2)cc1. The summed E-state index contributed by atoms with van der Waals surface area (Å²) in [6.45, 7) is 8.75. The molecule has 1 aliphatic heterocycles. The molecule has 1 fully saturated rings. The van der Waals surface area contributed by atoms with Crippen molar-refractivity contribution in [1.82, 2.24) is 14.1 Å². The molecule has 2 aromatic rings. The molecule has 180 valence electrons. The minimum absolute atomic E-state index is 0.156. The summed E-state index contributed by atoms with van der Waals surface area (Å²) in [5.41, 5.74) is 2.20. The van der Waals surface area contributed by atoms with Crippen LogP contribution in [0.4, 0.5) is 0 Å². The molecule has 0 N–H and O–H groups in total. The van der Waals surface area contributed by atoms with Crippen molar-refractivity contribution in [2.24, 2.45) is 0 Å². The van der Waals surface area contributed by atoms with Crippen LogP contribution in [-0.4, -0.2) is 67.7 Å². The maximum Gasteiger partial charge on any atom is 0.243 e. The average Bonchev–Trinajstić information content (AvgIpc) is 3.05. The van der Waals surface area contributed by atoms with Gasteiger partial charge in [-0.2, -0.15) is 4.31 Å². The number of aryl methyl sites for hydroxylation is 1. The zero-order valence-corrected chi connectivity index (χ0v) is 21.1. The molecule has 33 heavy (non-hydrogen) atoms. The first-order valence-electron chi connectivity index (χ1n) is 11.7. The summed E-state index contributed by atoms with van der Waals surface area (Å²) >= 11 is 5.97. The number of hydrogen-bond acceptors (Lipinski definition) is 4. The number of hydrogen-bond donors (Lipinski definition) is 0. The van der Waals surface area contributed by atoms with Crippen LogP contribution in [0.3, 0.4) is 0 Å². The molecule has 0 saturated carbocycles. The number of nitrogens with zero attached hydrogens (tertiary/aromatic N) is 3. The second-order valence-corrected chi connectivity index (χ2v) is 10.7. The molecule has 0 radical (unpaired) electrons. The highest BCUT2D eigenvalue weighted by Gasteiger charge is 2.22. The van der Waals surface area contributed by atoms with Crippen molar-refractivity contribution in [3.05, 3.63) is 64.7 Å². The number of benzene rings is 2. The van der Waals surface area contributed by atoms with Gasteiger partial charge in [0.25, 0.3) is 0 Å². The highest BCUT2D eigenvalue weighted by molar-refractivity contribution is 7.89. The fourth-order valence-electron chi connectivity index (χ4n) is 4.18. The van der Waals surface area contributed by atoms with Gasteiger partial charge >= 0.3 is 0 Å². The van der Waals surface area contributed by atoms with Gasteiger partial charge in [0.15, 0.2) is 0 Å². The van der Waals surface area contributed by atoms with Crippen LogP contribution in [0.1, 0.15) is 37.8 Å². The number of carbonyl (C=O) groups excluding carboxylic acids is 1. The van der Waals surface area contributed by atoms with Crippen LogP contribution in [0, 0.1) is 0 Å². The summed E-state index contributed by atoms with van der Waals surface area (Å²) in [7, 11) is -3.45. The lowest BCUT2D eigenvalue weighted by Crippen LogP contribution is -2.35. The van der Waals surface area contributed by atoms with Gasteiger partial charge in [-0.05, 0) is 48.2 Å². The van der Waals surface area contributed by atoms with Gasteiger partial charge < -0.3 is 4.90 Å². The third-order valence-corrected chi connectivity index (χ3v) is 8.47. The first-order chi connectivity index (χ1) is 15.8. The largest absolute Gasteiger partial charge is 0.341 e. The van der Waals surface area contributed by atoms with E-state index in [-0.39, 0.29) is 5.91 Å². The lowest BCUT2D eigenvalue weighted by molar-refractivity contribution is -0.131. The average molecular weight is 492 g/mol. The van der Waals surface area contributed by atoms with E-state index in [9.17, 15) is 13.2 Å². The molecule has 1 heterocycles. The Balaban J connectivity index is 1.50. The first kappa shape index (κ1) is 25.7. The second kappa shape index (κ2) is 12.0. The Morgan fingerprint density at radius 3 is 2.18 bits per heavy atom. The number of amides is 1. The summed E-state index contributed by atoms with van der Waals surface area (Å²) in [5.74, 6) is 0.156.